The summed E-state index contributed by atoms with van der Waals surface area (Å²) in [5.41, 5.74) is -0.337. The molecule has 6 nitrogen and oxygen atoms in total. The third-order valence-electron chi connectivity index (χ3n) is 3.92. The normalized spacial score (nSPS) is 11.3. The van der Waals surface area contributed by atoms with E-state index in [-0.39, 0.29) is 24.4 Å². The van der Waals surface area contributed by atoms with Gasteiger partial charge in [-0.2, -0.15) is 18.2 Å². The van der Waals surface area contributed by atoms with E-state index >= 15 is 0 Å². The number of benzene rings is 2. The van der Waals surface area contributed by atoms with Gasteiger partial charge in [-0.25, -0.2) is 0 Å². The van der Waals surface area contributed by atoms with Crippen LogP contribution in [0.3, 0.4) is 0 Å². The Balaban J connectivity index is 1.61. The van der Waals surface area contributed by atoms with Crippen LogP contribution in [-0.2, 0) is 17.4 Å². The van der Waals surface area contributed by atoms with Crippen molar-refractivity contribution in [3.8, 4) is 17.1 Å². The van der Waals surface area contributed by atoms with E-state index in [1.165, 1.54) is 13.2 Å². The summed E-state index contributed by atoms with van der Waals surface area (Å²) < 4.78 is 48.9. The number of nitrogens with one attached hydrogen (secondary N) is 1. The molecule has 0 radical (unpaired) electrons. The van der Waals surface area contributed by atoms with Gasteiger partial charge in [-0.15, -0.1) is 0 Å². The molecule has 3 aromatic rings. The molecule has 0 spiro atoms. The summed E-state index contributed by atoms with van der Waals surface area (Å²) in [4.78, 5) is 16.3. The second-order valence-electron chi connectivity index (χ2n) is 5.98. The van der Waals surface area contributed by atoms with Crippen molar-refractivity contribution in [2.75, 3.05) is 12.4 Å². The molecule has 1 aromatic heterocycles. The quantitative estimate of drug-likeness (QED) is 0.602. The summed E-state index contributed by atoms with van der Waals surface area (Å²) in [7, 11) is 1.54. The first-order valence-corrected chi connectivity index (χ1v) is 8.77. The van der Waals surface area contributed by atoms with Crippen molar-refractivity contribution in [2.45, 2.75) is 19.0 Å². The molecule has 2 aromatic carbocycles. The average Bonchev–Trinajstić information content (AvgIpc) is 3.16. The first-order chi connectivity index (χ1) is 13.8. The Morgan fingerprint density at radius 3 is 2.76 bits per heavy atom. The molecule has 0 bridgehead atoms. The van der Waals surface area contributed by atoms with Gasteiger partial charge < -0.3 is 14.6 Å². The van der Waals surface area contributed by atoms with Crippen LogP contribution in [0, 0.1) is 0 Å². The molecule has 1 heterocycles. The number of hydrogen-bond acceptors (Lipinski definition) is 5. The number of alkyl halides is 3. The Bertz CT molecular complexity index is 1020. The van der Waals surface area contributed by atoms with Crippen molar-refractivity contribution >= 4 is 23.2 Å². The molecule has 0 atom stereocenters. The number of halogens is 4. The summed E-state index contributed by atoms with van der Waals surface area (Å²) in [5, 5.41) is 5.82. The van der Waals surface area contributed by atoms with Crippen LogP contribution in [0.5, 0.6) is 5.75 Å². The van der Waals surface area contributed by atoms with Gasteiger partial charge in [0.05, 0.1) is 17.7 Å². The molecule has 0 aliphatic carbocycles. The lowest BCUT2D eigenvalue weighted by atomic mass is 10.2. The second kappa shape index (κ2) is 8.52. The zero-order valence-electron chi connectivity index (χ0n) is 15.1. The monoisotopic (exact) mass is 425 g/mol. The van der Waals surface area contributed by atoms with Crippen LogP contribution in [0.1, 0.15) is 17.9 Å². The number of anilines is 1. The summed E-state index contributed by atoms with van der Waals surface area (Å²) in [6.45, 7) is 0. The summed E-state index contributed by atoms with van der Waals surface area (Å²) in [6.07, 6.45) is -4.54. The number of rotatable bonds is 6. The fourth-order valence-corrected chi connectivity index (χ4v) is 2.72. The van der Waals surface area contributed by atoms with Crippen molar-refractivity contribution in [3.63, 3.8) is 0 Å². The van der Waals surface area contributed by atoms with E-state index in [2.05, 4.69) is 15.5 Å². The van der Waals surface area contributed by atoms with Gasteiger partial charge in [-0.05, 0) is 30.3 Å². The van der Waals surface area contributed by atoms with Gasteiger partial charge in [0.15, 0.2) is 0 Å². The number of methoxy groups -OCH3 is 1. The number of ether oxygens (including phenoxy) is 1. The van der Waals surface area contributed by atoms with Gasteiger partial charge in [-0.3, -0.25) is 4.79 Å². The van der Waals surface area contributed by atoms with Crippen LogP contribution in [-0.4, -0.2) is 23.2 Å². The molecular weight excluding hydrogens is 411 g/mol. The number of carbonyl (C=O) groups is 1. The Labute approximate surface area is 168 Å². The Morgan fingerprint density at radius 1 is 1.24 bits per heavy atom. The van der Waals surface area contributed by atoms with Crippen LogP contribution in [0.15, 0.2) is 47.0 Å². The van der Waals surface area contributed by atoms with Gasteiger partial charge in [-0.1, -0.05) is 28.9 Å². The molecule has 0 aliphatic rings. The topological polar surface area (TPSA) is 77.2 Å². The Hall–Kier alpha value is -3.07. The number of carbonyl (C=O) groups excluding carboxylic acids is 1. The maximum absolute atomic E-state index is 12.9. The molecule has 1 amide bonds. The first kappa shape index (κ1) is 20.7. The lowest BCUT2D eigenvalue weighted by molar-refractivity contribution is -0.137. The standard InChI is InChI=1S/C19H15ClF3N3O3/c1-28-13-4-2-3-11(9-13)18-25-17(29-26-18)8-7-16(27)24-12-5-6-15(20)14(10-12)19(21,22)23/h2-6,9-10H,7-8H2,1H3,(H,24,27). The number of aryl methyl sites for hydroxylation is 1. The lowest BCUT2D eigenvalue weighted by Gasteiger charge is -2.11. The van der Waals surface area contributed by atoms with Crippen molar-refractivity contribution in [1.29, 1.82) is 0 Å². The molecule has 3 rings (SSSR count). The van der Waals surface area contributed by atoms with Crippen LogP contribution in [0.25, 0.3) is 11.4 Å². The number of aromatic nitrogens is 2. The van der Waals surface area contributed by atoms with Crippen molar-refractivity contribution < 1.29 is 27.2 Å². The van der Waals surface area contributed by atoms with Crippen LogP contribution in [0.2, 0.25) is 5.02 Å². The van der Waals surface area contributed by atoms with Crippen molar-refractivity contribution in [3.05, 3.63) is 58.9 Å². The minimum atomic E-state index is -4.61. The van der Waals surface area contributed by atoms with Gasteiger partial charge in [0.2, 0.25) is 17.6 Å². The highest BCUT2D eigenvalue weighted by atomic mass is 35.5. The van der Waals surface area contributed by atoms with E-state index in [9.17, 15) is 18.0 Å². The SMILES string of the molecule is COc1cccc(-c2noc(CCC(=O)Nc3ccc(Cl)c(C(F)(F)F)c3)n2)c1. The smallest absolute Gasteiger partial charge is 0.417 e. The Kier molecular flexibility index (Phi) is 6.07. The lowest BCUT2D eigenvalue weighted by Crippen LogP contribution is -2.14. The third kappa shape index (κ3) is 5.26. The van der Waals surface area contributed by atoms with Crippen LogP contribution < -0.4 is 10.1 Å². The molecule has 0 aliphatic heterocycles. The first-order valence-electron chi connectivity index (χ1n) is 8.40. The highest BCUT2D eigenvalue weighted by Crippen LogP contribution is 2.36. The maximum Gasteiger partial charge on any atom is 0.417 e. The maximum atomic E-state index is 12.9. The van der Waals surface area contributed by atoms with Crippen molar-refractivity contribution in [2.24, 2.45) is 0 Å². The molecule has 152 valence electrons. The highest BCUT2D eigenvalue weighted by Gasteiger charge is 2.33. The van der Waals surface area contributed by atoms with Gasteiger partial charge in [0, 0.05) is 24.1 Å². The molecule has 0 saturated carbocycles. The number of amides is 1. The summed E-state index contributed by atoms with van der Waals surface area (Å²) in [6, 6.07) is 10.2. The van der Waals surface area contributed by atoms with E-state index in [1.54, 1.807) is 24.3 Å². The predicted octanol–water partition coefficient (Wildman–Crippen LogP) is 4.99. The summed E-state index contributed by atoms with van der Waals surface area (Å²) >= 11 is 5.56. The fourth-order valence-electron chi connectivity index (χ4n) is 2.50. The third-order valence-corrected chi connectivity index (χ3v) is 4.25. The van der Waals surface area contributed by atoms with Gasteiger partial charge >= 0.3 is 6.18 Å². The Morgan fingerprint density at radius 2 is 2.03 bits per heavy atom. The largest absolute Gasteiger partial charge is 0.497 e. The molecule has 1 N–H and O–H groups in total. The van der Waals surface area contributed by atoms with E-state index in [4.69, 9.17) is 20.9 Å². The second-order valence-corrected chi connectivity index (χ2v) is 6.39. The van der Waals surface area contributed by atoms with E-state index < -0.39 is 22.7 Å². The number of nitrogens with zero attached hydrogens (tertiary/aromatic N) is 2. The molecular formula is C19H15ClF3N3O3. The molecule has 0 fully saturated rings. The van der Waals surface area contributed by atoms with E-state index in [0.29, 0.717) is 17.1 Å². The van der Waals surface area contributed by atoms with E-state index in [0.717, 1.165) is 12.1 Å². The molecule has 10 heteroatoms. The molecule has 29 heavy (non-hydrogen) atoms. The average molecular weight is 426 g/mol. The van der Waals surface area contributed by atoms with Gasteiger partial charge in [0.25, 0.3) is 0 Å². The molecule has 0 unspecified atom stereocenters. The van der Waals surface area contributed by atoms with Crippen molar-refractivity contribution in [1.82, 2.24) is 10.1 Å². The minimum absolute atomic E-state index is 0.00526. The van der Waals surface area contributed by atoms with E-state index in [1.807, 2.05) is 0 Å². The minimum Gasteiger partial charge on any atom is -0.497 e. The molecule has 0 saturated heterocycles. The zero-order valence-corrected chi connectivity index (χ0v) is 15.8. The van der Waals surface area contributed by atoms with Gasteiger partial charge in [0.1, 0.15) is 5.75 Å². The predicted molar refractivity (Wildman–Crippen MR) is 99.7 cm³/mol. The van der Waals surface area contributed by atoms with Crippen LogP contribution >= 0.6 is 11.6 Å². The number of hydrogen-bond donors (Lipinski definition) is 1. The van der Waals surface area contributed by atoms with Crippen LogP contribution in [0.4, 0.5) is 18.9 Å². The zero-order chi connectivity index (χ0) is 21.0. The fraction of sp³-hybridized carbons (Fsp3) is 0.211. The highest BCUT2D eigenvalue weighted by molar-refractivity contribution is 6.31. The summed E-state index contributed by atoms with van der Waals surface area (Å²) in [5.74, 6) is 0.702.